The monoisotopic (exact) mass is 534 g/mol. The van der Waals surface area contributed by atoms with E-state index in [-0.39, 0.29) is 11.3 Å². The quantitative estimate of drug-likeness (QED) is 0.328. The molecule has 1 amide bonds. The number of aryl methyl sites for hydroxylation is 1. The van der Waals surface area contributed by atoms with Crippen molar-refractivity contribution in [1.29, 1.82) is 0 Å². The fourth-order valence-corrected chi connectivity index (χ4v) is 4.22. The lowest BCUT2D eigenvalue weighted by molar-refractivity contribution is -0.137. The molecular formula is C28H25F3N6O2. The van der Waals surface area contributed by atoms with Crippen LogP contribution in [-0.2, 0) is 10.9 Å². The summed E-state index contributed by atoms with van der Waals surface area (Å²) >= 11 is 0. The summed E-state index contributed by atoms with van der Waals surface area (Å²) in [5, 5.41) is 5.84. The van der Waals surface area contributed by atoms with E-state index < -0.39 is 17.6 Å². The van der Waals surface area contributed by atoms with E-state index in [2.05, 4.69) is 25.6 Å². The zero-order chi connectivity index (χ0) is 27.4. The van der Waals surface area contributed by atoms with Crippen molar-refractivity contribution in [2.24, 2.45) is 0 Å². The highest BCUT2D eigenvalue weighted by molar-refractivity contribution is 6.05. The molecule has 39 heavy (non-hydrogen) atoms. The minimum atomic E-state index is -4.62. The maximum Gasteiger partial charge on any atom is 0.418 e. The van der Waals surface area contributed by atoms with Gasteiger partial charge in [-0.1, -0.05) is 12.1 Å². The number of pyridine rings is 1. The van der Waals surface area contributed by atoms with Crippen molar-refractivity contribution in [3.63, 3.8) is 0 Å². The van der Waals surface area contributed by atoms with Crippen molar-refractivity contribution in [3.05, 3.63) is 89.7 Å². The second-order valence-corrected chi connectivity index (χ2v) is 8.92. The number of morpholine rings is 1. The molecule has 1 aliphatic rings. The van der Waals surface area contributed by atoms with Crippen LogP contribution in [0.25, 0.3) is 11.4 Å². The lowest BCUT2D eigenvalue weighted by Crippen LogP contribution is -2.37. The fourth-order valence-electron chi connectivity index (χ4n) is 4.22. The predicted molar refractivity (Wildman–Crippen MR) is 142 cm³/mol. The van der Waals surface area contributed by atoms with Crippen molar-refractivity contribution in [3.8, 4) is 11.4 Å². The van der Waals surface area contributed by atoms with E-state index in [9.17, 15) is 18.0 Å². The van der Waals surface area contributed by atoms with Crippen LogP contribution < -0.4 is 15.5 Å². The summed E-state index contributed by atoms with van der Waals surface area (Å²) in [5.74, 6) is -0.324. The van der Waals surface area contributed by atoms with E-state index >= 15 is 0 Å². The van der Waals surface area contributed by atoms with Gasteiger partial charge in [-0.25, -0.2) is 9.97 Å². The maximum atomic E-state index is 13.9. The van der Waals surface area contributed by atoms with Crippen LogP contribution in [0.5, 0.6) is 0 Å². The number of halogens is 3. The van der Waals surface area contributed by atoms with Gasteiger partial charge in [0, 0.05) is 48.1 Å². The number of alkyl halides is 3. The number of nitrogens with zero attached hydrogens (tertiary/aromatic N) is 4. The molecule has 1 saturated heterocycles. The molecule has 2 aromatic heterocycles. The average Bonchev–Trinajstić information content (AvgIpc) is 2.95. The Morgan fingerprint density at radius 2 is 1.77 bits per heavy atom. The zero-order valence-electron chi connectivity index (χ0n) is 21.0. The van der Waals surface area contributed by atoms with E-state index in [0.29, 0.717) is 55.0 Å². The Bertz CT molecular complexity index is 1470. The van der Waals surface area contributed by atoms with Crippen LogP contribution in [0.2, 0.25) is 0 Å². The van der Waals surface area contributed by atoms with Crippen LogP contribution >= 0.6 is 0 Å². The van der Waals surface area contributed by atoms with Gasteiger partial charge in [-0.2, -0.15) is 13.2 Å². The average molecular weight is 535 g/mol. The molecule has 8 nitrogen and oxygen atoms in total. The first-order valence-electron chi connectivity index (χ1n) is 12.3. The Morgan fingerprint density at radius 3 is 2.51 bits per heavy atom. The van der Waals surface area contributed by atoms with E-state index in [1.54, 1.807) is 41.6 Å². The number of anilines is 4. The molecule has 0 atom stereocenters. The molecule has 0 bridgehead atoms. The van der Waals surface area contributed by atoms with E-state index in [4.69, 9.17) is 4.74 Å². The molecule has 0 spiro atoms. The summed E-state index contributed by atoms with van der Waals surface area (Å²) in [6.07, 6.45) is -1.33. The number of hydrogen-bond donors (Lipinski definition) is 2. The molecule has 0 aliphatic carbocycles. The predicted octanol–water partition coefficient (Wildman–Crippen LogP) is 5.70. The first kappa shape index (κ1) is 26.1. The van der Waals surface area contributed by atoms with E-state index in [1.165, 1.54) is 12.1 Å². The SMILES string of the molecule is Cc1ccc(NC(=O)c2ccc(N3CCOCC3)c(C(F)(F)F)c2)cc1Nc1nccc(-c2ccccn2)n1. The molecule has 2 N–H and O–H groups in total. The van der Waals surface area contributed by atoms with Gasteiger partial charge in [0.1, 0.15) is 0 Å². The number of ether oxygens (including phenoxy) is 1. The van der Waals surface area contributed by atoms with Crippen LogP contribution in [-0.4, -0.2) is 47.2 Å². The van der Waals surface area contributed by atoms with E-state index in [1.807, 2.05) is 25.1 Å². The largest absolute Gasteiger partial charge is 0.418 e. The summed E-state index contributed by atoms with van der Waals surface area (Å²) in [5.41, 5.74) is 2.30. The van der Waals surface area contributed by atoms with Gasteiger partial charge in [0.15, 0.2) is 0 Å². The number of hydrogen-bond acceptors (Lipinski definition) is 7. The highest BCUT2D eigenvalue weighted by atomic mass is 19.4. The van der Waals surface area contributed by atoms with Crippen LogP contribution in [0, 0.1) is 6.92 Å². The van der Waals surface area contributed by atoms with E-state index in [0.717, 1.165) is 11.6 Å². The van der Waals surface area contributed by atoms with Gasteiger partial charge in [-0.3, -0.25) is 9.78 Å². The smallest absolute Gasteiger partial charge is 0.378 e. The molecule has 0 radical (unpaired) electrons. The minimum Gasteiger partial charge on any atom is -0.378 e. The molecule has 1 aliphatic heterocycles. The van der Waals surface area contributed by atoms with Gasteiger partial charge in [-0.05, 0) is 61.0 Å². The molecule has 1 fully saturated rings. The lowest BCUT2D eigenvalue weighted by atomic mass is 10.1. The molecule has 11 heteroatoms. The Labute approximate surface area is 222 Å². The number of nitrogens with one attached hydrogen (secondary N) is 2. The number of carbonyl (C=O) groups is 1. The van der Waals surface area contributed by atoms with Crippen LogP contribution in [0.4, 0.5) is 36.2 Å². The molecule has 200 valence electrons. The van der Waals surface area contributed by atoms with Crippen LogP contribution in [0.3, 0.4) is 0 Å². The second kappa shape index (κ2) is 11.1. The number of rotatable bonds is 6. The number of amides is 1. The highest BCUT2D eigenvalue weighted by Gasteiger charge is 2.36. The fraction of sp³-hybridized carbons (Fsp3) is 0.214. The topological polar surface area (TPSA) is 92.3 Å². The third-order valence-electron chi connectivity index (χ3n) is 6.24. The van der Waals surface area contributed by atoms with Gasteiger partial charge in [0.25, 0.3) is 5.91 Å². The minimum absolute atomic E-state index is 0.0390. The van der Waals surface area contributed by atoms with Gasteiger partial charge >= 0.3 is 6.18 Å². The zero-order valence-corrected chi connectivity index (χ0v) is 21.0. The number of aromatic nitrogens is 3. The molecule has 0 unspecified atom stereocenters. The van der Waals surface area contributed by atoms with Gasteiger partial charge in [0.2, 0.25) is 5.95 Å². The van der Waals surface area contributed by atoms with Crippen molar-refractivity contribution in [2.45, 2.75) is 13.1 Å². The summed E-state index contributed by atoms with van der Waals surface area (Å²) < 4.78 is 47.0. The van der Waals surface area contributed by atoms with Crippen LogP contribution in [0.15, 0.2) is 73.1 Å². The molecular weight excluding hydrogens is 509 g/mol. The molecule has 4 aromatic rings. The van der Waals surface area contributed by atoms with Crippen molar-refractivity contribution in [1.82, 2.24) is 15.0 Å². The Balaban J connectivity index is 1.35. The molecule has 3 heterocycles. The number of benzene rings is 2. The summed E-state index contributed by atoms with van der Waals surface area (Å²) in [6, 6.07) is 16.0. The summed E-state index contributed by atoms with van der Waals surface area (Å²) in [7, 11) is 0. The second-order valence-electron chi connectivity index (χ2n) is 8.92. The van der Waals surface area contributed by atoms with Crippen molar-refractivity contribution in [2.75, 3.05) is 41.8 Å². The third kappa shape index (κ3) is 6.15. The van der Waals surface area contributed by atoms with Gasteiger partial charge in [-0.15, -0.1) is 0 Å². The van der Waals surface area contributed by atoms with Crippen LogP contribution in [0.1, 0.15) is 21.5 Å². The molecule has 0 saturated carbocycles. The van der Waals surface area contributed by atoms with Crippen molar-refractivity contribution < 1.29 is 22.7 Å². The first-order chi connectivity index (χ1) is 18.8. The normalized spacial score (nSPS) is 13.7. The molecule has 2 aromatic carbocycles. The van der Waals surface area contributed by atoms with Gasteiger partial charge in [0.05, 0.1) is 30.2 Å². The summed E-state index contributed by atoms with van der Waals surface area (Å²) in [6.45, 7) is 3.27. The van der Waals surface area contributed by atoms with Crippen molar-refractivity contribution >= 4 is 28.9 Å². The molecule has 5 rings (SSSR count). The Hall–Kier alpha value is -4.51. The maximum absolute atomic E-state index is 13.9. The first-order valence-corrected chi connectivity index (χ1v) is 12.3. The standard InChI is InChI=1S/C28H25F3N6O2/c1-18-5-7-20(17-24(18)36-27-33-11-9-23(35-27)22-4-2-3-10-32-22)34-26(38)19-6-8-25(21(16-19)28(29,30)31)37-12-14-39-15-13-37/h2-11,16-17H,12-15H2,1H3,(H,34,38)(H,33,35,36). The summed E-state index contributed by atoms with van der Waals surface area (Å²) in [4.78, 5) is 27.7. The number of carbonyl (C=O) groups excluding carboxylic acids is 1. The Kier molecular flexibility index (Phi) is 7.42. The lowest BCUT2D eigenvalue weighted by Gasteiger charge is -2.31. The van der Waals surface area contributed by atoms with Gasteiger partial charge < -0.3 is 20.3 Å². The Morgan fingerprint density at radius 1 is 0.949 bits per heavy atom. The third-order valence-corrected chi connectivity index (χ3v) is 6.24. The highest BCUT2D eigenvalue weighted by Crippen LogP contribution is 2.38.